The van der Waals surface area contributed by atoms with Crippen LogP contribution in [0.5, 0.6) is 0 Å². The lowest BCUT2D eigenvalue weighted by molar-refractivity contribution is -0.182. The lowest BCUT2D eigenvalue weighted by Gasteiger charge is -2.42. The molecule has 4 nitrogen and oxygen atoms in total. The van der Waals surface area contributed by atoms with E-state index in [1.165, 1.54) is 25.1 Å². The second-order valence-electron chi connectivity index (χ2n) is 5.47. The Hall–Kier alpha value is -1.83. The van der Waals surface area contributed by atoms with Crippen LogP contribution in [0.4, 0.5) is 17.6 Å². The molecule has 1 aromatic rings. The Balaban J connectivity index is 2.18. The van der Waals surface area contributed by atoms with Crippen LogP contribution in [0.15, 0.2) is 29.3 Å². The van der Waals surface area contributed by atoms with Gasteiger partial charge >= 0.3 is 6.18 Å². The van der Waals surface area contributed by atoms with Gasteiger partial charge in [-0.05, 0) is 13.0 Å². The summed E-state index contributed by atoms with van der Waals surface area (Å²) in [5, 5.41) is 0. The Kier molecular flexibility index (Phi) is 3.32. The van der Waals surface area contributed by atoms with E-state index >= 15 is 0 Å². The molecule has 1 fully saturated rings. The standard InChI is InChI=1S/C14H14F4N2O2/c1-7-10-11(14(16,17)18)20-12(19)22-13(10,6-21-7)8-4-2-3-5-9(8)15/h2-5,7,10-11H,6H2,1H3,(H2,19,20)/t7-,10-,11+,13-/m1/s1. The predicted octanol–water partition coefficient (Wildman–Crippen LogP) is 2.33. The number of rotatable bonds is 1. The first kappa shape index (κ1) is 15.1. The van der Waals surface area contributed by atoms with Crippen LogP contribution in [0.1, 0.15) is 12.5 Å². The SMILES string of the molecule is C[C@H]1OC[C@]2(c3ccccc3F)OC(N)=N[C@H](C(F)(F)F)[C@@H]12. The van der Waals surface area contributed by atoms with Gasteiger partial charge in [0.2, 0.25) is 0 Å². The molecule has 0 bridgehead atoms. The van der Waals surface area contributed by atoms with Gasteiger partial charge in [-0.25, -0.2) is 9.38 Å². The van der Waals surface area contributed by atoms with Crippen molar-refractivity contribution in [3.63, 3.8) is 0 Å². The average Bonchev–Trinajstić information content (AvgIpc) is 2.75. The lowest BCUT2D eigenvalue weighted by atomic mass is 9.75. The molecule has 0 spiro atoms. The van der Waals surface area contributed by atoms with Crippen molar-refractivity contribution < 1.29 is 27.0 Å². The number of aliphatic imine (C=N–C) groups is 1. The van der Waals surface area contributed by atoms with Gasteiger partial charge in [-0.15, -0.1) is 0 Å². The summed E-state index contributed by atoms with van der Waals surface area (Å²) >= 11 is 0. The summed E-state index contributed by atoms with van der Waals surface area (Å²) in [6.45, 7) is 1.27. The van der Waals surface area contributed by atoms with Crippen molar-refractivity contribution in [2.75, 3.05) is 6.61 Å². The van der Waals surface area contributed by atoms with Crippen molar-refractivity contribution >= 4 is 6.02 Å². The first-order valence-electron chi connectivity index (χ1n) is 6.71. The number of nitrogens with zero attached hydrogens (tertiary/aromatic N) is 1. The summed E-state index contributed by atoms with van der Waals surface area (Å²) in [6.07, 6.45) is -5.43. The highest BCUT2D eigenvalue weighted by Crippen LogP contribution is 2.51. The van der Waals surface area contributed by atoms with Crippen molar-refractivity contribution in [2.45, 2.75) is 30.8 Å². The molecule has 1 aromatic carbocycles. The molecule has 0 aromatic heterocycles. The minimum atomic E-state index is -4.63. The van der Waals surface area contributed by atoms with Crippen LogP contribution < -0.4 is 5.73 Å². The van der Waals surface area contributed by atoms with Crippen molar-refractivity contribution in [3.05, 3.63) is 35.6 Å². The second kappa shape index (κ2) is 4.84. The summed E-state index contributed by atoms with van der Waals surface area (Å²) in [7, 11) is 0. The van der Waals surface area contributed by atoms with E-state index in [9.17, 15) is 17.6 Å². The summed E-state index contributed by atoms with van der Waals surface area (Å²) in [5.74, 6) is -1.88. The number of hydrogen-bond acceptors (Lipinski definition) is 4. The fourth-order valence-corrected chi connectivity index (χ4v) is 3.27. The zero-order valence-corrected chi connectivity index (χ0v) is 11.6. The van der Waals surface area contributed by atoms with E-state index < -0.39 is 41.7 Å². The molecule has 0 unspecified atom stereocenters. The summed E-state index contributed by atoms with van der Waals surface area (Å²) in [4.78, 5) is 3.39. The third kappa shape index (κ3) is 2.13. The van der Waals surface area contributed by atoms with Crippen molar-refractivity contribution in [2.24, 2.45) is 16.6 Å². The van der Waals surface area contributed by atoms with Gasteiger partial charge in [0.15, 0.2) is 11.6 Å². The monoisotopic (exact) mass is 318 g/mol. The maximum absolute atomic E-state index is 14.2. The van der Waals surface area contributed by atoms with Crippen LogP contribution >= 0.6 is 0 Å². The van der Waals surface area contributed by atoms with E-state index in [2.05, 4.69) is 4.99 Å². The molecule has 2 aliphatic heterocycles. The van der Waals surface area contributed by atoms with Crippen LogP contribution in [0, 0.1) is 11.7 Å². The summed E-state index contributed by atoms with van der Waals surface area (Å²) in [6, 6.07) is 2.82. The van der Waals surface area contributed by atoms with Gasteiger partial charge in [0.05, 0.1) is 18.6 Å². The zero-order valence-electron chi connectivity index (χ0n) is 11.6. The largest absolute Gasteiger partial charge is 0.451 e. The topological polar surface area (TPSA) is 56.8 Å². The van der Waals surface area contributed by atoms with Crippen LogP contribution in [0.25, 0.3) is 0 Å². The Morgan fingerprint density at radius 2 is 2.00 bits per heavy atom. The van der Waals surface area contributed by atoms with E-state index in [0.717, 1.165) is 6.07 Å². The molecule has 8 heteroatoms. The molecule has 4 atom stereocenters. The first-order chi connectivity index (χ1) is 10.3. The molecule has 0 aliphatic carbocycles. The molecular weight excluding hydrogens is 304 g/mol. The van der Waals surface area contributed by atoms with Crippen LogP contribution in [-0.4, -0.2) is 31.0 Å². The van der Waals surface area contributed by atoms with Gasteiger partial charge in [-0.3, -0.25) is 0 Å². The number of fused-ring (bicyclic) bond motifs is 1. The molecule has 2 N–H and O–H groups in total. The lowest BCUT2D eigenvalue weighted by Crippen LogP contribution is -2.55. The van der Waals surface area contributed by atoms with E-state index in [1.54, 1.807) is 0 Å². The molecule has 2 heterocycles. The predicted molar refractivity (Wildman–Crippen MR) is 69.5 cm³/mol. The van der Waals surface area contributed by atoms with Crippen LogP contribution in [0.3, 0.4) is 0 Å². The average molecular weight is 318 g/mol. The Bertz CT molecular complexity index is 619. The maximum atomic E-state index is 14.2. The highest BCUT2D eigenvalue weighted by Gasteiger charge is 2.64. The number of benzene rings is 1. The van der Waals surface area contributed by atoms with Crippen molar-refractivity contribution in [1.82, 2.24) is 0 Å². The molecule has 120 valence electrons. The maximum Gasteiger partial charge on any atom is 0.411 e. The van der Waals surface area contributed by atoms with Gasteiger partial charge < -0.3 is 15.2 Å². The number of hydrogen-bond donors (Lipinski definition) is 1. The van der Waals surface area contributed by atoms with Crippen LogP contribution in [0.2, 0.25) is 0 Å². The molecule has 0 saturated carbocycles. The fraction of sp³-hybridized carbons (Fsp3) is 0.500. The van der Waals surface area contributed by atoms with Crippen LogP contribution in [-0.2, 0) is 15.1 Å². The first-order valence-corrected chi connectivity index (χ1v) is 6.71. The van der Waals surface area contributed by atoms with Gasteiger partial charge in [0.1, 0.15) is 5.82 Å². The highest BCUT2D eigenvalue weighted by molar-refractivity contribution is 5.73. The molecule has 3 rings (SSSR count). The van der Waals surface area contributed by atoms with Gasteiger partial charge in [0.25, 0.3) is 6.02 Å². The quantitative estimate of drug-likeness (QED) is 0.809. The number of halogens is 4. The number of amidine groups is 1. The molecular formula is C14H14F4N2O2. The molecule has 2 aliphatic rings. The highest BCUT2D eigenvalue weighted by atomic mass is 19.4. The molecule has 1 saturated heterocycles. The Morgan fingerprint density at radius 1 is 1.32 bits per heavy atom. The molecule has 0 radical (unpaired) electrons. The second-order valence-corrected chi connectivity index (χ2v) is 5.47. The summed E-state index contributed by atoms with van der Waals surface area (Å²) in [5.41, 5.74) is 3.81. The third-order valence-electron chi connectivity index (χ3n) is 4.16. The third-order valence-corrected chi connectivity index (χ3v) is 4.16. The van der Waals surface area contributed by atoms with E-state index in [-0.39, 0.29) is 12.2 Å². The van der Waals surface area contributed by atoms with Gasteiger partial charge in [-0.1, -0.05) is 18.2 Å². The molecule has 0 amide bonds. The van der Waals surface area contributed by atoms with E-state index in [4.69, 9.17) is 15.2 Å². The Labute approximate surface area is 123 Å². The zero-order chi connectivity index (χ0) is 16.1. The van der Waals surface area contributed by atoms with Gasteiger partial charge in [-0.2, -0.15) is 13.2 Å². The minimum Gasteiger partial charge on any atom is -0.451 e. The normalized spacial score (nSPS) is 34.8. The van der Waals surface area contributed by atoms with E-state index in [1.807, 2.05) is 0 Å². The van der Waals surface area contributed by atoms with Crippen molar-refractivity contribution in [1.29, 1.82) is 0 Å². The minimum absolute atomic E-state index is 0.00329. The smallest absolute Gasteiger partial charge is 0.411 e. The summed E-state index contributed by atoms with van der Waals surface area (Å²) < 4.78 is 65.0. The Morgan fingerprint density at radius 3 is 2.64 bits per heavy atom. The number of nitrogens with two attached hydrogens (primary N) is 1. The van der Waals surface area contributed by atoms with Crippen molar-refractivity contribution in [3.8, 4) is 0 Å². The van der Waals surface area contributed by atoms with Gasteiger partial charge in [0, 0.05) is 5.56 Å². The fourth-order valence-electron chi connectivity index (χ4n) is 3.27. The number of ether oxygens (including phenoxy) is 2. The van der Waals surface area contributed by atoms with E-state index in [0.29, 0.717) is 0 Å². The number of alkyl halides is 3. The molecule has 22 heavy (non-hydrogen) atoms.